The van der Waals surface area contributed by atoms with E-state index in [2.05, 4.69) is 11.4 Å². The molecule has 2 atom stereocenters. The molecule has 0 aromatic heterocycles. The molecule has 0 bridgehead atoms. The summed E-state index contributed by atoms with van der Waals surface area (Å²) in [6.45, 7) is 1.39. The lowest BCUT2D eigenvalue weighted by molar-refractivity contribution is -0.924. The lowest BCUT2D eigenvalue weighted by Gasteiger charge is -2.31. The minimum Gasteiger partial charge on any atom is -0.465 e. The summed E-state index contributed by atoms with van der Waals surface area (Å²) in [6, 6.07) is 17.5. The third-order valence-corrected chi connectivity index (χ3v) is 4.66. The van der Waals surface area contributed by atoms with Crippen molar-refractivity contribution in [3.05, 3.63) is 71.3 Å². The lowest BCUT2D eigenvalue weighted by atomic mass is 9.94. The zero-order chi connectivity index (χ0) is 17.6. The van der Waals surface area contributed by atoms with E-state index in [0.717, 1.165) is 16.0 Å². The molecule has 1 aliphatic heterocycles. The molecule has 0 saturated heterocycles. The van der Waals surface area contributed by atoms with Gasteiger partial charge in [0.15, 0.2) is 12.6 Å². The highest BCUT2D eigenvalue weighted by Gasteiger charge is 2.36. The fourth-order valence-corrected chi connectivity index (χ4v) is 3.30. The molecule has 0 fully saturated rings. The first-order chi connectivity index (χ1) is 12.2. The normalized spacial score (nSPS) is 18.9. The van der Waals surface area contributed by atoms with Gasteiger partial charge in [0.1, 0.15) is 6.54 Å². The molecule has 0 aliphatic carbocycles. The number of benzene rings is 2. The van der Waals surface area contributed by atoms with E-state index in [9.17, 15) is 9.59 Å². The molecule has 0 radical (unpaired) electrons. The third-order valence-electron chi connectivity index (χ3n) is 4.66. The third kappa shape index (κ3) is 4.25. The molecule has 1 heterocycles. The van der Waals surface area contributed by atoms with Crippen LogP contribution in [0.15, 0.2) is 54.6 Å². The van der Waals surface area contributed by atoms with Crippen molar-refractivity contribution in [3.8, 4) is 0 Å². The van der Waals surface area contributed by atoms with Crippen molar-refractivity contribution in [2.45, 2.75) is 25.6 Å². The molecular weight excluding hydrogens is 316 g/mol. The molecule has 2 aromatic carbocycles. The maximum atomic E-state index is 12.4. The molecule has 1 unspecified atom stereocenters. The van der Waals surface area contributed by atoms with Crippen LogP contribution in [0, 0.1) is 0 Å². The van der Waals surface area contributed by atoms with Gasteiger partial charge in [-0.1, -0.05) is 54.6 Å². The minimum absolute atomic E-state index is 0.0628. The van der Waals surface area contributed by atoms with Crippen LogP contribution in [0.2, 0.25) is 0 Å². The number of carbonyl (C=O) groups is 2. The number of quaternary nitrogens is 1. The highest BCUT2D eigenvalue weighted by Crippen LogP contribution is 2.14. The molecule has 0 saturated carbocycles. The molecule has 25 heavy (non-hydrogen) atoms. The fourth-order valence-electron chi connectivity index (χ4n) is 3.30. The number of amides is 1. The van der Waals surface area contributed by atoms with Gasteiger partial charge in [0.05, 0.1) is 7.11 Å². The summed E-state index contributed by atoms with van der Waals surface area (Å²) >= 11 is 0. The first-order valence-corrected chi connectivity index (χ1v) is 8.47. The highest BCUT2D eigenvalue weighted by atomic mass is 16.5. The maximum absolute atomic E-state index is 12.4. The van der Waals surface area contributed by atoms with Gasteiger partial charge in [-0.05, 0) is 11.1 Å². The van der Waals surface area contributed by atoms with Crippen LogP contribution in [-0.4, -0.2) is 31.6 Å². The number of nitrogens with one attached hydrogen (secondary N) is 2. The van der Waals surface area contributed by atoms with Crippen LogP contribution < -0.4 is 10.2 Å². The number of methoxy groups -OCH3 is 1. The van der Waals surface area contributed by atoms with Crippen molar-refractivity contribution >= 4 is 11.9 Å². The molecule has 1 aliphatic rings. The van der Waals surface area contributed by atoms with Crippen LogP contribution in [0.1, 0.15) is 16.7 Å². The van der Waals surface area contributed by atoms with Gasteiger partial charge < -0.3 is 15.0 Å². The number of fused-ring (bicyclic) bond motifs is 1. The van der Waals surface area contributed by atoms with Gasteiger partial charge in [-0.15, -0.1) is 0 Å². The number of esters is 1. The SMILES string of the molecule is COC(=O)[C@H]1Cc2ccccc2C[NH+]1CC(=O)NCc1ccccc1. The zero-order valence-corrected chi connectivity index (χ0v) is 14.3. The Morgan fingerprint density at radius 1 is 1.08 bits per heavy atom. The molecule has 3 rings (SSSR count). The molecule has 2 aromatic rings. The van der Waals surface area contributed by atoms with Gasteiger partial charge in [0, 0.05) is 18.5 Å². The van der Waals surface area contributed by atoms with E-state index >= 15 is 0 Å². The Labute approximate surface area is 147 Å². The van der Waals surface area contributed by atoms with Crippen LogP contribution >= 0.6 is 0 Å². The number of hydrogen-bond acceptors (Lipinski definition) is 3. The number of rotatable bonds is 5. The van der Waals surface area contributed by atoms with E-state index in [1.54, 1.807) is 0 Å². The lowest BCUT2D eigenvalue weighted by Crippen LogP contribution is -3.17. The monoisotopic (exact) mass is 339 g/mol. The summed E-state index contributed by atoms with van der Waals surface area (Å²) < 4.78 is 4.95. The van der Waals surface area contributed by atoms with E-state index in [0.29, 0.717) is 19.5 Å². The van der Waals surface area contributed by atoms with Gasteiger partial charge in [-0.3, -0.25) is 4.79 Å². The number of carbonyl (C=O) groups excluding carboxylic acids is 2. The Balaban J connectivity index is 1.66. The summed E-state index contributed by atoms with van der Waals surface area (Å²) in [5.41, 5.74) is 3.40. The zero-order valence-electron chi connectivity index (χ0n) is 14.3. The topological polar surface area (TPSA) is 59.8 Å². The predicted octanol–water partition coefficient (Wildman–Crippen LogP) is 0.486. The fraction of sp³-hybridized carbons (Fsp3) is 0.300. The van der Waals surface area contributed by atoms with Crippen molar-refractivity contribution in [1.82, 2.24) is 5.32 Å². The Morgan fingerprint density at radius 2 is 1.76 bits per heavy atom. The van der Waals surface area contributed by atoms with Gasteiger partial charge in [0.2, 0.25) is 0 Å². The van der Waals surface area contributed by atoms with Gasteiger partial charge in [0.25, 0.3) is 5.91 Å². The number of ether oxygens (including phenoxy) is 1. The summed E-state index contributed by atoms with van der Waals surface area (Å²) in [7, 11) is 1.40. The Bertz CT molecular complexity index is 746. The number of hydrogen-bond donors (Lipinski definition) is 2. The molecule has 1 amide bonds. The molecule has 0 spiro atoms. The quantitative estimate of drug-likeness (QED) is 0.780. The van der Waals surface area contributed by atoms with Crippen molar-refractivity contribution in [2.24, 2.45) is 0 Å². The standard InChI is InChI=1S/C20H22N2O3/c1-25-20(24)18-11-16-9-5-6-10-17(16)13-22(18)14-19(23)21-12-15-7-3-2-4-8-15/h2-10,18H,11-14H2,1H3,(H,21,23)/p+1/t18-/m1/s1. The molecule has 2 N–H and O–H groups in total. The van der Waals surface area contributed by atoms with E-state index in [4.69, 9.17) is 4.74 Å². The average molecular weight is 339 g/mol. The summed E-state index contributed by atoms with van der Waals surface area (Å²) in [4.78, 5) is 25.5. The first kappa shape index (κ1) is 17.2. The first-order valence-electron chi connectivity index (χ1n) is 8.47. The van der Waals surface area contributed by atoms with Crippen molar-refractivity contribution < 1.29 is 19.2 Å². The van der Waals surface area contributed by atoms with Gasteiger partial charge in [-0.2, -0.15) is 0 Å². The molecule has 130 valence electrons. The Kier molecular flexibility index (Phi) is 5.46. The van der Waals surface area contributed by atoms with Crippen LogP contribution in [0.3, 0.4) is 0 Å². The van der Waals surface area contributed by atoms with Crippen molar-refractivity contribution in [1.29, 1.82) is 0 Å². The van der Waals surface area contributed by atoms with Gasteiger partial charge >= 0.3 is 5.97 Å². The minimum atomic E-state index is -0.345. The van der Waals surface area contributed by atoms with Crippen molar-refractivity contribution in [3.63, 3.8) is 0 Å². The predicted molar refractivity (Wildman–Crippen MR) is 93.8 cm³/mol. The largest absolute Gasteiger partial charge is 0.465 e. The van der Waals surface area contributed by atoms with Crippen LogP contribution in [0.25, 0.3) is 0 Å². The van der Waals surface area contributed by atoms with E-state index < -0.39 is 0 Å². The second-order valence-electron chi connectivity index (χ2n) is 6.32. The molecular formula is C20H23N2O3+. The second-order valence-corrected chi connectivity index (χ2v) is 6.32. The molecule has 5 nitrogen and oxygen atoms in total. The van der Waals surface area contributed by atoms with Crippen LogP contribution in [-0.2, 0) is 33.8 Å². The Morgan fingerprint density at radius 3 is 2.48 bits per heavy atom. The second kappa shape index (κ2) is 7.94. The summed E-state index contributed by atoms with van der Waals surface area (Å²) in [5, 5.41) is 2.94. The van der Waals surface area contributed by atoms with Crippen molar-refractivity contribution in [2.75, 3.05) is 13.7 Å². The molecule has 5 heteroatoms. The highest BCUT2D eigenvalue weighted by molar-refractivity contribution is 5.78. The average Bonchev–Trinajstić information content (AvgIpc) is 2.66. The van der Waals surface area contributed by atoms with Gasteiger partial charge in [-0.25, -0.2) is 4.79 Å². The maximum Gasteiger partial charge on any atom is 0.365 e. The summed E-state index contributed by atoms with van der Waals surface area (Å²) in [6.07, 6.45) is 0.601. The van der Waals surface area contributed by atoms with Crippen LogP contribution in [0.4, 0.5) is 0 Å². The van der Waals surface area contributed by atoms with E-state index in [1.165, 1.54) is 12.7 Å². The van der Waals surface area contributed by atoms with Crippen LogP contribution in [0.5, 0.6) is 0 Å². The Hall–Kier alpha value is -2.66. The van der Waals surface area contributed by atoms with E-state index in [1.807, 2.05) is 48.5 Å². The summed E-state index contributed by atoms with van der Waals surface area (Å²) in [5.74, 6) is -0.326. The smallest absolute Gasteiger partial charge is 0.365 e. The van der Waals surface area contributed by atoms with E-state index in [-0.39, 0.29) is 24.5 Å².